The molecule has 1 aromatic heterocycles. The quantitative estimate of drug-likeness (QED) is 0.628. The molecule has 0 unspecified atom stereocenters. The van der Waals surface area contributed by atoms with Crippen molar-refractivity contribution in [1.82, 2.24) is 4.31 Å². The fraction of sp³-hybridized carbons (Fsp3) is 0.348. The highest BCUT2D eigenvalue weighted by Gasteiger charge is 2.26. The van der Waals surface area contributed by atoms with Crippen LogP contribution in [-0.4, -0.2) is 44.9 Å². The molecule has 1 N–H and O–H groups in total. The molecule has 4 rings (SSSR count). The number of furan rings is 1. The Hall–Kier alpha value is -2.68. The smallest absolute Gasteiger partial charge is 0.243 e. The number of anilines is 1. The highest BCUT2D eigenvalue weighted by atomic mass is 32.2. The lowest BCUT2D eigenvalue weighted by molar-refractivity contribution is -0.115. The molecule has 1 aliphatic rings. The third-order valence-electron chi connectivity index (χ3n) is 5.44. The van der Waals surface area contributed by atoms with Gasteiger partial charge in [-0.1, -0.05) is 19.9 Å². The number of rotatable bonds is 6. The number of nitrogens with one attached hydrogen (secondary N) is 1. The molecule has 0 spiro atoms. The van der Waals surface area contributed by atoms with E-state index in [9.17, 15) is 13.2 Å². The summed E-state index contributed by atoms with van der Waals surface area (Å²) in [6, 6.07) is 12.3. The Labute approximate surface area is 182 Å². The van der Waals surface area contributed by atoms with Crippen LogP contribution in [0.25, 0.3) is 11.0 Å². The first-order chi connectivity index (χ1) is 14.8. The first-order valence-electron chi connectivity index (χ1n) is 10.3. The van der Waals surface area contributed by atoms with Gasteiger partial charge < -0.3 is 14.5 Å². The number of hydrogen-bond acceptors (Lipinski definition) is 5. The number of morpholine rings is 1. The molecular weight excluding hydrogens is 416 g/mol. The molecule has 2 aromatic carbocycles. The van der Waals surface area contributed by atoms with Gasteiger partial charge in [0.15, 0.2) is 0 Å². The molecule has 0 radical (unpaired) electrons. The molecule has 31 heavy (non-hydrogen) atoms. The van der Waals surface area contributed by atoms with Crippen molar-refractivity contribution >= 4 is 32.6 Å². The summed E-state index contributed by atoms with van der Waals surface area (Å²) in [6.45, 7) is 5.73. The maximum absolute atomic E-state index is 12.7. The van der Waals surface area contributed by atoms with E-state index < -0.39 is 10.0 Å². The second kappa shape index (κ2) is 8.82. The minimum Gasteiger partial charge on any atom is -0.464 e. The summed E-state index contributed by atoms with van der Waals surface area (Å²) in [4.78, 5) is 12.8. The zero-order valence-corrected chi connectivity index (χ0v) is 18.4. The van der Waals surface area contributed by atoms with E-state index >= 15 is 0 Å². The van der Waals surface area contributed by atoms with E-state index in [4.69, 9.17) is 9.15 Å². The van der Waals surface area contributed by atoms with Gasteiger partial charge in [-0.3, -0.25) is 4.79 Å². The third kappa shape index (κ3) is 4.66. The standard InChI is InChI=1S/C23H26N2O5S/c1-16(2)17-3-8-22-21(13-17)18(15-30-22)14-23(26)24-19-4-6-20(7-5-19)31(27,28)25-9-11-29-12-10-25/h3-8,13,15-16H,9-12,14H2,1-2H3,(H,24,26). The second-order valence-electron chi connectivity index (χ2n) is 7.94. The topological polar surface area (TPSA) is 88.8 Å². The van der Waals surface area contributed by atoms with E-state index in [2.05, 4.69) is 25.2 Å². The van der Waals surface area contributed by atoms with Crippen LogP contribution >= 0.6 is 0 Å². The molecule has 8 heteroatoms. The summed E-state index contributed by atoms with van der Waals surface area (Å²) in [5, 5.41) is 3.77. The van der Waals surface area contributed by atoms with Crippen LogP contribution in [0.1, 0.15) is 30.9 Å². The van der Waals surface area contributed by atoms with Crippen molar-refractivity contribution < 1.29 is 22.4 Å². The Morgan fingerprint density at radius 3 is 2.48 bits per heavy atom. The maximum atomic E-state index is 12.7. The van der Waals surface area contributed by atoms with Gasteiger partial charge >= 0.3 is 0 Å². The van der Waals surface area contributed by atoms with E-state index in [1.165, 1.54) is 22.0 Å². The van der Waals surface area contributed by atoms with Gasteiger partial charge in [-0.2, -0.15) is 4.31 Å². The maximum Gasteiger partial charge on any atom is 0.243 e. The van der Waals surface area contributed by atoms with Gasteiger partial charge in [-0.05, 0) is 47.9 Å². The molecule has 1 fully saturated rings. The van der Waals surface area contributed by atoms with Crippen LogP contribution in [0.5, 0.6) is 0 Å². The Balaban J connectivity index is 1.44. The molecular formula is C23H26N2O5S. The number of fused-ring (bicyclic) bond motifs is 1. The molecule has 1 saturated heterocycles. The zero-order valence-electron chi connectivity index (χ0n) is 17.6. The highest BCUT2D eigenvalue weighted by molar-refractivity contribution is 7.89. The van der Waals surface area contributed by atoms with Gasteiger partial charge in [0, 0.05) is 29.7 Å². The molecule has 164 valence electrons. The van der Waals surface area contributed by atoms with E-state index in [0.29, 0.717) is 37.9 Å². The number of ether oxygens (including phenoxy) is 1. The van der Waals surface area contributed by atoms with Crippen molar-refractivity contribution in [2.24, 2.45) is 0 Å². The van der Waals surface area contributed by atoms with Gasteiger partial charge in [-0.25, -0.2) is 8.42 Å². The summed E-state index contributed by atoms with van der Waals surface area (Å²) in [6.07, 6.45) is 1.79. The lowest BCUT2D eigenvalue weighted by Gasteiger charge is -2.26. The molecule has 1 amide bonds. The summed E-state index contributed by atoms with van der Waals surface area (Å²) in [7, 11) is -3.56. The minimum absolute atomic E-state index is 0.169. The monoisotopic (exact) mass is 442 g/mol. The van der Waals surface area contributed by atoms with E-state index in [-0.39, 0.29) is 17.2 Å². The van der Waals surface area contributed by atoms with E-state index in [1.807, 2.05) is 12.1 Å². The van der Waals surface area contributed by atoms with Gasteiger partial charge in [0.1, 0.15) is 5.58 Å². The van der Waals surface area contributed by atoms with Gasteiger partial charge in [0.25, 0.3) is 0 Å². The van der Waals surface area contributed by atoms with Crippen molar-refractivity contribution in [2.75, 3.05) is 31.6 Å². The normalized spacial score (nSPS) is 15.5. The molecule has 0 bridgehead atoms. The summed E-state index contributed by atoms with van der Waals surface area (Å²) >= 11 is 0. The molecule has 0 saturated carbocycles. The minimum atomic E-state index is -3.56. The van der Waals surface area contributed by atoms with Crippen molar-refractivity contribution in [3.63, 3.8) is 0 Å². The lowest BCUT2D eigenvalue weighted by Crippen LogP contribution is -2.40. The predicted molar refractivity (Wildman–Crippen MR) is 119 cm³/mol. The molecule has 0 atom stereocenters. The van der Waals surface area contributed by atoms with Crippen LogP contribution in [0.2, 0.25) is 0 Å². The van der Waals surface area contributed by atoms with Crippen molar-refractivity contribution in [2.45, 2.75) is 31.1 Å². The summed E-state index contributed by atoms with van der Waals surface area (Å²) < 4.78 is 37.6. The van der Waals surface area contributed by atoms with Crippen molar-refractivity contribution in [1.29, 1.82) is 0 Å². The van der Waals surface area contributed by atoms with Crippen LogP contribution < -0.4 is 5.32 Å². The Morgan fingerprint density at radius 1 is 1.10 bits per heavy atom. The van der Waals surface area contributed by atoms with Crippen LogP contribution in [0.3, 0.4) is 0 Å². The second-order valence-corrected chi connectivity index (χ2v) is 9.87. The first-order valence-corrected chi connectivity index (χ1v) is 11.8. The average molecular weight is 443 g/mol. The van der Waals surface area contributed by atoms with Crippen molar-refractivity contribution in [3.05, 3.63) is 59.9 Å². The third-order valence-corrected chi connectivity index (χ3v) is 7.35. The van der Waals surface area contributed by atoms with Gasteiger partial charge in [0.2, 0.25) is 15.9 Å². The lowest BCUT2D eigenvalue weighted by atomic mass is 10.00. The zero-order chi connectivity index (χ0) is 22.0. The fourth-order valence-electron chi connectivity index (χ4n) is 3.62. The number of nitrogens with zero attached hydrogens (tertiary/aromatic N) is 1. The largest absolute Gasteiger partial charge is 0.464 e. The van der Waals surface area contributed by atoms with E-state index in [1.54, 1.807) is 18.4 Å². The molecule has 1 aliphatic heterocycles. The molecule has 2 heterocycles. The van der Waals surface area contributed by atoms with Crippen molar-refractivity contribution in [3.8, 4) is 0 Å². The number of benzene rings is 2. The number of hydrogen-bond donors (Lipinski definition) is 1. The fourth-order valence-corrected chi connectivity index (χ4v) is 5.03. The molecule has 3 aromatic rings. The van der Waals surface area contributed by atoms with E-state index in [0.717, 1.165) is 16.5 Å². The summed E-state index contributed by atoms with van der Waals surface area (Å²) in [5.41, 5.74) is 3.31. The number of carbonyl (C=O) groups excluding carboxylic acids is 1. The summed E-state index contributed by atoms with van der Waals surface area (Å²) in [5.74, 6) is 0.190. The van der Waals surface area contributed by atoms with Crippen LogP contribution in [0, 0.1) is 0 Å². The Kier molecular flexibility index (Phi) is 6.13. The number of sulfonamides is 1. The predicted octanol–water partition coefficient (Wildman–Crippen LogP) is 3.76. The van der Waals surface area contributed by atoms with Crippen LogP contribution in [0.15, 0.2) is 58.0 Å². The van der Waals surface area contributed by atoms with Gasteiger partial charge in [0.05, 0.1) is 30.8 Å². The number of amides is 1. The Morgan fingerprint density at radius 2 is 1.81 bits per heavy atom. The van der Waals surface area contributed by atoms with Gasteiger partial charge in [-0.15, -0.1) is 0 Å². The number of carbonyl (C=O) groups is 1. The molecule has 7 nitrogen and oxygen atoms in total. The average Bonchev–Trinajstić information content (AvgIpc) is 3.16. The SMILES string of the molecule is CC(C)c1ccc2occ(CC(=O)Nc3ccc(S(=O)(=O)N4CCOCC4)cc3)c2c1. The van der Waals surface area contributed by atoms with Crippen LogP contribution in [-0.2, 0) is 26.0 Å². The highest BCUT2D eigenvalue weighted by Crippen LogP contribution is 2.26. The molecule has 0 aliphatic carbocycles. The first kappa shape index (κ1) is 21.5. The Bertz CT molecular complexity index is 1180. The van der Waals surface area contributed by atoms with Crippen LogP contribution in [0.4, 0.5) is 5.69 Å².